The lowest BCUT2D eigenvalue weighted by Gasteiger charge is -2.15. The molecule has 6 nitrogen and oxygen atoms in total. The number of ether oxygens (including phenoxy) is 1. The number of benzene rings is 1. The normalized spacial score (nSPS) is 11.8. The third-order valence-corrected chi connectivity index (χ3v) is 5.16. The highest BCUT2D eigenvalue weighted by molar-refractivity contribution is 7.89. The number of sulfonamides is 1. The second-order valence-corrected chi connectivity index (χ2v) is 7.65. The molecule has 0 atom stereocenters. The minimum Gasteiger partial charge on any atom is -0.494 e. The van der Waals surface area contributed by atoms with Gasteiger partial charge in [-0.05, 0) is 43.0 Å². The van der Waals surface area contributed by atoms with Crippen LogP contribution in [0.4, 0.5) is 0 Å². The van der Waals surface area contributed by atoms with Crippen LogP contribution in [0.3, 0.4) is 0 Å². The number of hydrogen-bond donors (Lipinski definition) is 2. The Morgan fingerprint density at radius 3 is 2.75 bits per heavy atom. The lowest BCUT2D eigenvalue weighted by molar-refractivity contribution is -0.695. The van der Waals surface area contributed by atoms with Crippen molar-refractivity contribution in [2.75, 3.05) is 13.2 Å². The quantitative estimate of drug-likeness (QED) is 0.537. The van der Waals surface area contributed by atoms with E-state index in [-0.39, 0.29) is 10.8 Å². The largest absolute Gasteiger partial charge is 0.494 e. The van der Waals surface area contributed by atoms with Gasteiger partial charge >= 0.3 is 0 Å². The van der Waals surface area contributed by atoms with Crippen LogP contribution in [0.5, 0.6) is 5.75 Å². The summed E-state index contributed by atoms with van der Waals surface area (Å²) in [6.45, 7) is 7.67. The number of nitrogens with zero attached hydrogens (tertiary/aromatic N) is 1. The van der Waals surface area contributed by atoms with E-state index in [4.69, 9.17) is 4.74 Å². The fourth-order valence-corrected chi connectivity index (χ4v) is 3.55. The minimum atomic E-state index is -3.51. The molecule has 0 aliphatic carbocycles. The van der Waals surface area contributed by atoms with Crippen LogP contribution in [0.1, 0.15) is 38.7 Å². The molecule has 0 bridgehead atoms. The number of aromatic amines is 1. The summed E-state index contributed by atoms with van der Waals surface area (Å²) in [6.07, 6.45) is 6.30. The van der Waals surface area contributed by atoms with E-state index in [1.807, 2.05) is 44.1 Å². The second kappa shape index (κ2) is 8.30. The van der Waals surface area contributed by atoms with Crippen LogP contribution in [0.2, 0.25) is 0 Å². The molecule has 0 unspecified atom stereocenters. The summed E-state index contributed by atoms with van der Waals surface area (Å²) in [5.74, 6) is 0.932. The molecule has 24 heavy (non-hydrogen) atoms. The van der Waals surface area contributed by atoms with Crippen molar-refractivity contribution in [3.8, 4) is 5.75 Å². The van der Waals surface area contributed by atoms with Gasteiger partial charge in [-0.25, -0.2) is 17.7 Å². The summed E-state index contributed by atoms with van der Waals surface area (Å²) in [7, 11) is -3.51. The summed E-state index contributed by atoms with van der Waals surface area (Å²) >= 11 is 0. The number of rotatable bonds is 9. The van der Waals surface area contributed by atoms with Crippen LogP contribution in [0, 0.1) is 0 Å². The van der Waals surface area contributed by atoms with E-state index in [2.05, 4.69) is 9.71 Å². The highest BCUT2D eigenvalue weighted by atomic mass is 32.2. The summed E-state index contributed by atoms with van der Waals surface area (Å²) in [5, 5.41) is 0. The number of aryl methyl sites for hydroxylation is 1. The molecule has 132 valence electrons. The zero-order valence-corrected chi connectivity index (χ0v) is 15.3. The van der Waals surface area contributed by atoms with Crippen LogP contribution >= 0.6 is 0 Å². The van der Waals surface area contributed by atoms with Gasteiger partial charge in [0.15, 0.2) is 0 Å². The van der Waals surface area contributed by atoms with Crippen molar-refractivity contribution in [3.63, 3.8) is 0 Å². The maximum atomic E-state index is 12.5. The van der Waals surface area contributed by atoms with Gasteiger partial charge in [-0.3, -0.25) is 4.98 Å². The maximum absolute atomic E-state index is 12.5. The molecule has 2 aromatic rings. The van der Waals surface area contributed by atoms with Crippen LogP contribution in [-0.4, -0.2) is 26.6 Å². The van der Waals surface area contributed by atoms with E-state index in [0.717, 1.165) is 24.3 Å². The Balaban J connectivity index is 2.03. The van der Waals surface area contributed by atoms with Gasteiger partial charge in [-0.15, -0.1) is 0 Å². The number of H-pyrrole nitrogens is 1. The zero-order chi connectivity index (χ0) is 17.6. The molecule has 1 heterocycles. The lowest BCUT2D eigenvalue weighted by Crippen LogP contribution is -2.33. The summed E-state index contributed by atoms with van der Waals surface area (Å²) < 4.78 is 35.2. The molecular formula is C17H26N3O3S+. The minimum absolute atomic E-state index is 0.187. The van der Waals surface area contributed by atoms with Gasteiger partial charge < -0.3 is 4.74 Å². The second-order valence-electron chi connectivity index (χ2n) is 5.89. The van der Waals surface area contributed by atoms with E-state index in [0.29, 0.717) is 13.2 Å². The SMILES string of the molecule is CCOc1ccc(S(=O)(=O)NCCC[n+]2cc[nH]c2)cc1C(C)C. The Morgan fingerprint density at radius 1 is 1.33 bits per heavy atom. The van der Waals surface area contributed by atoms with Gasteiger partial charge in [0, 0.05) is 6.54 Å². The fourth-order valence-electron chi connectivity index (χ4n) is 2.44. The average molecular weight is 352 g/mol. The van der Waals surface area contributed by atoms with Gasteiger partial charge in [0.1, 0.15) is 18.1 Å². The standard InChI is InChI=1S/C17H25N3O3S/c1-4-23-17-7-6-15(12-16(17)14(2)3)24(21,22)19-8-5-10-20-11-9-18-13-20/h6-7,9,11-14,19H,4-5,8,10H2,1-3H3/p+1. The van der Waals surface area contributed by atoms with E-state index < -0.39 is 10.0 Å². The molecule has 0 saturated heterocycles. The molecule has 0 spiro atoms. The predicted octanol–water partition coefficient (Wildman–Crippen LogP) is 2.19. The van der Waals surface area contributed by atoms with E-state index in [1.165, 1.54) is 0 Å². The van der Waals surface area contributed by atoms with Crippen molar-refractivity contribution >= 4 is 10.0 Å². The first-order valence-electron chi connectivity index (χ1n) is 8.22. The van der Waals surface area contributed by atoms with Crippen LogP contribution in [-0.2, 0) is 16.6 Å². The number of imidazole rings is 1. The Hall–Kier alpha value is -1.86. The van der Waals surface area contributed by atoms with Gasteiger partial charge in [0.2, 0.25) is 16.4 Å². The molecule has 0 radical (unpaired) electrons. The topological polar surface area (TPSA) is 75.1 Å². The Labute approximate surface area is 143 Å². The van der Waals surface area contributed by atoms with E-state index in [1.54, 1.807) is 18.2 Å². The van der Waals surface area contributed by atoms with Crippen molar-refractivity contribution in [2.24, 2.45) is 0 Å². The third kappa shape index (κ3) is 4.82. The Bertz CT molecular complexity index is 740. The molecule has 2 N–H and O–H groups in total. The molecule has 1 aromatic heterocycles. The molecule has 1 aromatic carbocycles. The van der Waals surface area contributed by atoms with Crippen molar-refractivity contribution < 1.29 is 17.7 Å². The van der Waals surface area contributed by atoms with Crippen molar-refractivity contribution in [1.29, 1.82) is 0 Å². The van der Waals surface area contributed by atoms with Crippen molar-refractivity contribution in [3.05, 3.63) is 42.5 Å². The molecule has 0 amide bonds. The van der Waals surface area contributed by atoms with Gasteiger partial charge in [-0.2, -0.15) is 0 Å². The number of nitrogens with one attached hydrogen (secondary N) is 2. The molecule has 2 rings (SSSR count). The van der Waals surface area contributed by atoms with E-state index >= 15 is 0 Å². The molecule has 7 heteroatoms. The Morgan fingerprint density at radius 2 is 2.12 bits per heavy atom. The predicted molar refractivity (Wildman–Crippen MR) is 92.5 cm³/mol. The van der Waals surface area contributed by atoms with Gasteiger partial charge in [0.05, 0.1) is 18.0 Å². The van der Waals surface area contributed by atoms with Crippen LogP contribution < -0.4 is 14.0 Å². The summed E-state index contributed by atoms with van der Waals surface area (Å²) in [5.41, 5.74) is 0.905. The highest BCUT2D eigenvalue weighted by Gasteiger charge is 2.17. The third-order valence-electron chi connectivity index (χ3n) is 3.70. The average Bonchev–Trinajstić information content (AvgIpc) is 3.05. The molecule has 0 aliphatic heterocycles. The molecule has 0 fully saturated rings. The number of hydrogen-bond acceptors (Lipinski definition) is 3. The first-order valence-corrected chi connectivity index (χ1v) is 9.70. The molecule has 0 saturated carbocycles. The van der Waals surface area contributed by atoms with Crippen LogP contribution in [0.15, 0.2) is 41.8 Å². The monoisotopic (exact) mass is 352 g/mol. The first-order chi connectivity index (χ1) is 11.4. The van der Waals surface area contributed by atoms with Gasteiger partial charge in [0.25, 0.3) is 0 Å². The van der Waals surface area contributed by atoms with E-state index in [9.17, 15) is 8.42 Å². The lowest BCUT2D eigenvalue weighted by atomic mass is 10.0. The molecule has 0 aliphatic rings. The zero-order valence-electron chi connectivity index (χ0n) is 14.5. The summed E-state index contributed by atoms with van der Waals surface area (Å²) in [6, 6.07) is 5.04. The molecular weight excluding hydrogens is 326 g/mol. The number of aromatic nitrogens is 2. The fraction of sp³-hybridized carbons (Fsp3) is 0.471. The first kappa shape index (κ1) is 18.5. The maximum Gasteiger partial charge on any atom is 0.241 e. The highest BCUT2D eigenvalue weighted by Crippen LogP contribution is 2.29. The van der Waals surface area contributed by atoms with Gasteiger partial charge in [-0.1, -0.05) is 13.8 Å². The van der Waals surface area contributed by atoms with Crippen molar-refractivity contribution in [2.45, 2.75) is 44.6 Å². The van der Waals surface area contributed by atoms with Crippen LogP contribution in [0.25, 0.3) is 0 Å². The van der Waals surface area contributed by atoms with Crippen molar-refractivity contribution in [1.82, 2.24) is 9.71 Å². The summed E-state index contributed by atoms with van der Waals surface area (Å²) in [4.78, 5) is 3.24. The Kier molecular flexibility index (Phi) is 6.39. The smallest absolute Gasteiger partial charge is 0.241 e.